The Hall–Kier alpha value is -1.20. The van der Waals surface area contributed by atoms with Gasteiger partial charge in [0.05, 0.1) is 0 Å². The Bertz CT molecular complexity index is 448. The molecule has 0 bridgehead atoms. The van der Waals surface area contributed by atoms with Gasteiger partial charge in [0.1, 0.15) is 0 Å². The van der Waals surface area contributed by atoms with Crippen molar-refractivity contribution in [3.63, 3.8) is 0 Å². The van der Waals surface area contributed by atoms with Gasteiger partial charge in [-0.3, -0.25) is 4.90 Å². The summed E-state index contributed by atoms with van der Waals surface area (Å²) >= 11 is 1.86. The van der Waals surface area contributed by atoms with Crippen LogP contribution in [-0.4, -0.2) is 41.0 Å². The molecule has 0 radical (unpaired) electrons. The maximum atomic E-state index is 8.68. The quantitative estimate of drug-likeness (QED) is 0.363. The number of amidine groups is 1. The first-order valence-corrected chi connectivity index (χ1v) is 7.65. The van der Waals surface area contributed by atoms with Crippen LogP contribution in [0.4, 0.5) is 0 Å². The van der Waals surface area contributed by atoms with E-state index in [0.717, 1.165) is 23.4 Å². The van der Waals surface area contributed by atoms with Gasteiger partial charge in [-0.25, -0.2) is 0 Å². The van der Waals surface area contributed by atoms with E-state index in [9.17, 15) is 0 Å². The Morgan fingerprint density at radius 3 is 2.74 bits per heavy atom. The molecule has 106 valence electrons. The van der Waals surface area contributed by atoms with E-state index in [4.69, 9.17) is 10.9 Å². The number of benzene rings is 1. The lowest BCUT2D eigenvalue weighted by molar-refractivity contribution is 0.269. The zero-order valence-electron chi connectivity index (χ0n) is 12.1. The molecule has 0 heterocycles. The molecular weight excluding hydrogens is 258 g/mol. The van der Waals surface area contributed by atoms with Gasteiger partial charge >= 0.3 is 0 Å². The predicted molar refractivity (Wildman–Crippen MR) is 83.0 cm³/mol. The second-order valence-electron chi connectivity index (χ2n) is 4.85. The van der Waals surface area contributed by atoms with Crippen LogP contribution in [0.5, 0.6) is 0 Å². The van der Waals surface area contributed by atoms with Gasteiger partial charge < -0.3 is 10.9 Å². The van der Waals surface area contributed by atoms with Gasteiger partial charge in [0, 0.05) is 23.9 Å². The lowest BCUT2D eigenvalue weighted by Gasteiger charge is -2.25. The third-order valence-electron chi connectivity index (χ3n) is 3.33. The van der Waals surface area contributed by atoms with Crippen LogP contribution in [0.2, 0.25) is 0 Å². The summed E-state index contributed by atoms with van der Waals surface area (Å²) in [5.41, 5.74) is 8.77. The highest BCUT2D eigenvalue weighted by molar-refractivity contribution is 7.98. The Balaban J connectivity index is 2.80. The number of nitrogens with two attached hydrogens (primary N) is 1. The molecular formula is C14H23N3OS. The van der Waals surface area contributed by atoms with Crippen LogP contribution in [-0.2, 0) is 6.54 Å². The number of hydrogen-bond donors (Lipinski definition) is 2. The van der Waals surface area contributed by atoms with Crippen molar-refractivity contribution < 1.29 is 5.21 Å². The van der Waals surface area contributed by atoms with Crippen LogP contribution in [0.1, 0.15) is 23.6 Å². The van der Waals surface area contributed by atoms with E-state index in [1.807, 2.05) is 30.0 Å². The van der Waals surface area contributed by atoms with E-state index >= 15 is 0 Å². The Kier molecular flexibility index (Phi) is 6.18. The molecule has 3 N–H and O–H groups in total. The summed E-state index contributed by atoms with van der Waals surface area (Å²) in [7, 11) is 2.14. The smallest absolute Gasteiger partial charge is 0.170 e. The van der Waals surface area contributed by atoms with Crippen molar-refractivity contribution in [3.8, 4) is 0 Å². The van der Waals surface area contributed by atoms with Crippen LogP contribution in [0.3, 0.4) is 0 Å². The molecule has 0 saturated heterocycles. The average molecular weight is 281 g/mol. The molecule has 1 aromatic carbocycles. The van der Waals surface area contributed by atoms with Crippen molar-refractivity contribution in [2.24, 2.45) is 10.9 Å². The molecule has 1 aromatic rings. The van der Waals surface area contributed by atoms with Crippen LogP contribution in [0, 0.1) is 6.92 Å². The number of aryl methyl sites for hydroxylation is 1. The lowest BCUT2D eigenvalue weighted by atomic mass is 10.0. The number of rotatable bonds is 6. The predicted octanol–water partition coefficient (Wildman–Crippen LogP) is 2.27. The first-order chi connectivity index (χ1) is 8.99. The standard InChI is InChI=1S/C14H23N3OS/c1-10-7-12(14(15)16-18)5-6-13(10)8-17(3)11(2)9-19-4/h5-7,11,18H,8-9H2,1-4H3,(H2,15,16). The van der Waals surface area contributed by atoms with Gasteiger partial charge in [-0.05, 0) is 44.3 Å². The van der Waals surface area contributed by atoms with E-state index in [1.54, 1.807) is 0 Å². The van der Waals surface area contributed by atoms with E-state index in [-0.39, 0.29) is 5.84 Å². The summed E-state index contributed by atoms with van der Waals surface area (Å²) in [6.45, 7) is 5.19. The monoisotopic (exact) mass is 281 g/mol. The normalized spacial score (nSPS) is 13.8. The fourth-order valence-electron chi connectivity index (χ4n) is 1.88. The van der Waals surface area contributed by atoms with Gasteiger partial charge in [0.15, 0.2) is 5.84 Å². The number of nitrogens with zero attached hydrogens (tertiary/aromatic N) is 2. The van der Waals surface area contributed by atoms with Gasteiger partial charge in [-0.15, -0.1) is 0 Å². The summed E-state index contributed by atoms with van der Waals surface area (Å²) < 4.78 is 0. The number of oxime groups is 1. The SMILES string of the molecule is CSCC(C)N(C)Cc1ccc(/C(N)=N/O)cc1C. The fraction of sp³-hybridized carbons (Fsp3) is 0.500. The second-order valence-corrected chi connectivity index (χ2v) is 5.76. The molecule has 0 aliphatic rings. The van der Waals surface area contributed by atoms with Crippen molar-refractivity contribution in [3.05, 3.63) is 34.9 Å². The molecule has 0 aliphatic carbocycles. The van der Waals surface area contributed by atoms with Crippen molar-refractivity contribution in [2.45, 2.75) is 26.4 Å². The number of hydrogen-bond acceptors (Lipinski definition) is 4. The minimum Gasteiger partial charge on any atom is -0.409 e. The molecule has 0 spiro atoms. The molecule has 19 heavy (non-hydrogen) atoms. The summed E-state index contributed by atoms with van der Waals surface area (Å²) in [5, 5.41) is 11.7. The average Bonchev–Trinajstić information content (AvgIpc) is 2.40. The molecule has 4 nitrogen and oxygen atoms in total. The third kappa shape index (κ3) is 4.44. The molecule has 1 atom stereocenters. The molecule has 0 aromatic heterocycles. The lowest BCUT2D eigenvalue weighted by Crippen LogP contribution is -2.30. The van der Waals surface area contributed by atoms with Crippen LogP contribution < -0.4 is 5.73 Å². The highest BCUT2D eigenvalue weighted by Crippen LogP contribution is 2.15. The van der Waals surface area contributed by atoms with Crippen molar-refractivity contribution in [1.29, 1.82) is 0 Å². The van der Waals surface area contributed by atoms with E-state index in [2.05, 4.69) is 37.2 Å². The van der Waals surface area contributed by atoms with Crippen molar-refractivity contribution in [2.75, 3.05) is 19.1 Å². The van der Waals surface area contributed by atoms with E-state index in [0.29, 0.717) is 6.04 Å². The first-order valence-electron chi connectivity index (χ1n) is 6.26. The third-order valence-corrected chi connectivity index (χ3v) is 4.14. The Morgan fingerprint density at radius 1 is 1.53 bits per heavy atom. The maximum Gasteiger partial charge on any atom is 0.170 e. The molecule has 0 aliphatic heterocycles. The van der Waals surface area contributed by atoms with Gasteiger partial charge in [0.2, 0.25) is 0 Å². The highest BCUT2D eigenvalue weighted by Gasteiger charge is 2.11. The number of thioether (sulfide) groups is 1. The fourth-order valence-corrected chi connectivity index (χ4v) is 2.62. The van der Waals surface area contributed by atoms with Gasteiger partial charge in [0.25, 0.3) is 0 Å². The minimum atomic E-state index is 0.152. The van der Waals surface area contributed by atoms with Gasteiger partial charge in [-0.1, -0.05) is 17.3 Å². The molecule has 0 saturated carbocycles. The summed E-state index contributed by atoms with van der Waals surface area (Å²) in [5.74, 6) is 1.27. The molecule has 1 unspecified atom stereocenters. The minimum absolute atomic E-state index is 0.152. The second kappa shape index (κ2) is 7.40. The molecule has 5 heteroatoms. The molecule has 0 fully saturated rings. The Labute approximate surface area is 119 Å². The topological polar surface area (TPSA) is 61.8 Å². The summed E-state index contributed by atoms with van der Waals surface area (Å²) in [6, 6.07) is 6.44. The summed E-state index contributed by atoms with van der Waals surface area (Å²) in [4.78, 5) is 2.34. The van der Waals surface area contributed by atoms with Crippen LogP contribution in [0.25, 0.3) is 0 Å². The zero-order chi connectivity index (χ0) is 14.4. The molecule has 1 rings (SSSR count). The largest absolute Gasteiger partial charge is 0.409 e. The van der Waals surface area contributed by atoms with Crippen LogP contribution in [0.15, 0.2) is 23.4 Å². The van der Waals surface area contributed by atoms with Crippen molar-refractivity contribution in [1.82, 2.24) is 4.90 Å². The highest BCUT2D eigenvalue weighted by atomic mass is 32.2. The summed E-state index contributed by atoms with van der Waals surface area (Å²) in [6.07, 6.45) is 2.13. The zero-order valence-corrected chi connectivity index (χ0v) is 12.9. The Morgan fingerprint density at radius 2 is 2.21 bits per heavy atom. The van der Waals surface area contributed by atoms with Crippen molar-refractivity contribution >= 4 is 17.6 Å². The van der Waals surface area contributed by atoms with Gasteiger partial charge in [-0.2, -0.15) is 11.8 Å². The molecule has 0 amide bonds. The van der Waals surface area contributed by atoms with E-state index < -0.39 is 0 Å². The maximum absolute atomic E-state index is 8.68. The van der Waals surface area contributed by atoms with Crippen LogP contribution >= 0.6 is 11.8 Å². The van der Waals surface area contributed by atoms with E-state index in [1.165, 1.54) is 5.56 Å². The first kappa shape index (κ1) is 15.9.